The lowest BCUT2D eigenvalue weighted by molar-refractivity contribution is -0.120. The summed E-state index contributed by atoms with van der Waals surface area (Å²) in [5, 5.41) is 2.57. The lowest BCUT2D eigenvalue weighted by Crippen LogP contribution is -2.48. The summed E-state index contributed by atoms with van der Waals surface area (Å²) in [5.74, 6) is -0.269. The first kappa shape index (κ1) is 17.1. The molecule has 2 saturated carbocycles. The zero-order valence-corrected chi connectivity index (χ0v) is 15.7. The van der Waals surface area contributed by atoms with Crippen molar-refractivity contribution in [3.05, 3.63) is 34.2 Å². The molecule has 0 unspecified atom stereocenters. The van der Waals surface area contributed by atoms with Crippen molar-refractivity contribution in [1.29, 1.82) is 0 Å². The first-order valence-electron chi connectivity index (χ1n) is 8.80. The van der Waals surface area contributed by atoms with Gasteiger partial charge in [0.2, 0.25) is 11.9 Å². The Balaban J connectivity index is 1.55. The van der Waals surface area contributed by atoms with Crippen LogP contribution >= 0.6 is 11.3 Å². The minimum Gasteiger partial charge on any atom is -0.328 e. The third-order valence-corrected chi connectivity index (χ3v) is 7.11. The molecule has 1 aromatic heterocycles. The Bertz CT molecular complexity index is 846. The number of guanidine groups is 1. The second-order valence-electron chi connectivity index (χ2n) is 7.70. The minimum absolute atomic E-state index is 0.00376. The SMILES string of the molecule is C=CN=C(N=C)NC(=O)CN1CC2(CC2)c2cc(C3(C)CC3)sc2C1=O. The fraction of sp³-hybridized carbons (Fsp3) is 0.474. The van der Waals surface area contributed by atoms with E-state index in [1.807, 2.05) is 0 Å². The van der Waals surface area contributed by atoms with Crippen LogP contribution in [-0.2, 0) is 15.6 Å². The molecule has 1 spiro atoms. The summed E-state index contributed by atoms with van der Waals surface area (Å²) in [7, 11) is 0. The van der Waals surface area contributed by atoms with Crippen LogP contribution < -0.4 is 5.32 Å². The van der Waals surface area contributed by atoms with Crippen LogP contribution in [0.2, 0.25) is 0 Å². The van der Waals surface area contributed by atoms with Crippen molar-refractivity contribution in [3.8, 4) is 0 Å². The summed E-state index contributed by atoms with van der Waals surface area (Å²) in [5.41, 5.74) is 1.53. The molecule has 1 aliphatic heterocycles. The summed E-state index contributed by atoms with van der Waals surface area (Å²) < 4.78 is 0. The Morgan fingerprint density at radius 2 is 2.15 bits per heavy atom. The lowest BCUT2D eigenvalue weighted by Gasteiger charge is -2.32. The normalized spacial score (nSPS) is 22.0. The number of hydrogen-bond donors (Lipinski definition) is 1. The number of fused-ring (bicyclic) bond motifs is 2. The number of nitrogens with zero attached hydrogens (tertiary/aromatic N) is 3. The van der Waals surface area contributed by atoms with Gasteiger partial charge < -0.3 is 4.90 Å². The van der Waals surface area contributed by atoms with Crippen molar-refractivity contribution < 1.29 is 9.59 Å². The van der Waals surface area contributed by atoms with Gasteiger partial charge >= 0.3 is 0 Å². The highest BCUT2D eigenvalue weighted by Gasteiger charge is 2.54. The van der Waals surface area contributed by atoms with Crippen molar-refractivity contribution >= 4 is 35.8 Å². The van der Waals surface area contributed by atoms with Gasteiger partial charge in [-0.2, -0.15) is 0 Å². The molecule has 0 atom stereocenters. The van der Waals surface area contributed by atoms with Crippen LogP contribution in [0.5, 0.6) is 0 Å². The van der Waals surface area contributed by atoms with E-state index in [0.717, 1.165) is 17.7 Å². The molecule has 0 aromatic carbocycles. The molecule has 4 rings (SSSR count). The smallest absolute Gasteiger partial charge is 0.264 e. The molecule has 1 aromatic rings. The van der Waals surface area contributed by atoms with Crippen molar-refractivity contribution in [2.24, 2.45) is 9.98 Å². The fourth-order valence-corrected chi connectivity index (χ4v) is 5.03. The number of nitrogens with one attached hydrogen (secondary N) is 1. The molecule has 2 aliphatic carbocycles. The molecular formula is C19H22N4O2S. The topological polar surface area (TPSA) is 74.1 Å². The Hall–Kier alpha value is -2.28. The number of rotatable bonds is 4. The van der Waals surface area contributed by atoms with Gasteiger partial charge in [0.1, 0.15) is 6.54 Å². The molecule has 0 saturated heterocycles. The van der Waals surface area contributed by atoms with E-state index in [0.29, 0.717) is 6.54 Å². The molecule has 26 heavy (non-hydrogen) atoms. The lowest BCUT2D eigenvalue weighted by atomic mass is 9.90. The summed E-state index contributed by atoms with van der Waals surface area (Å²) in [6.07, 6.45) is 5.83. The Kier molecular flexibility index (Phi) is 3.87. The van der Waals surface area contributed by atoms with Gasteiger partial charge in [0.15, 0.2) is 0 Å². The van der Waals surface area contributed by atoms with Crippen LogP contribution in [0.25, 0.3) is 0 Å². The first-order chi connectivity index (χ1) is 12.4. The predicted octanol–water partition coefficient (Wildman–Crippen LogP) is 2.60. The number of carbonyl (C=O) groups excluding carboxylic acids is 2. The van der Waals surface area contributed by atoms with Crippen LogP contribution in [0, 0.1) is 0 Å². The van der Waals surface area contributed by atoms with Gasteiger partial charge in [-0.3, -0.25) is 14.9 Å². The number of hydrogen-bond acceptors (Lipinski definition) is 4. The number of thiophene rings is 1. The van der Waals surface area contributed by atoms with Crippen LogP contribution in [0.15, 0.2) is 28.8 Å². The average Bonchev–Trinajstić information content (AvgIpc) is 3.50. The van der Waals surface area contributed by atoms with Gasteiger partial charge in [0.25, 0.3) is 5.91 Å². The van der Waals surface area contributed by atoms with E-state index < -0.39 is 0 Å². The van der Waals surface area contributed by atoms with E-state index in [4.69, 9.17) is 0 Å². The fourth-order valence-electron chi connectivity index (χ4n) is 3.58. The highest BCUT2D eigenvalue weighted by molar-refractivity contribution is 7.14. The highest BCUT2D eigenvalue weighted by atomic mass is 32.1. The zero-order valence-electron chi connectivity index (χ0n) is 14.9. The summed E-state index contributed by atoms with van der Waals surface area (Å²) in [6.45, 7) is 9.71. The van der Waals surface area contributed by atoms with Crippen LogP contribution in [0.1, 0.15) is 52.7 Å². The van der Waals surface area contributed by atoms with Crippen LogP contribution in [0.3, 0.4) is 0 Å². The van der Waals surface area contributed by atoms with Gasteiger partial charge in [-0.05, 0) is 44.0 Å². The maximum atomic E-state index is 13.0. The second kappa shape index (κ2) is 5.87. The van der Waals surface area contributed by atoms with Crippen molar-refractivity contribution in [2.75, 3.05) is 13.1 Å². The largest absolute Gasteiger partial charge is 0.328 e. The standard InChI is InChI=1S/C19H22N4O2S/c1-4-21-17(20-3)22-14(24)10-23-11-19(7-8-19)12-9-13(18(2)5-6-18)26-15(12)16(23)25/h4,9H,1,3,5-8,10-11H2,2H3,(H,21,22,24). The molecule has 6 nitrogen and oxygen atoms in total. The molecule has 2 amide bonds. The van der Waals surface area contributed by atoms with Crippen LogP contribution in [-0.4, -0.2) is 42.5 Å². The Morgan fingerprint density at radius 1 is 1.42 bits per heavy atom. The average molecular weight is 370 g/mol. The zero-order chi connectivity index (χ0) is 18.5. The van der Waals surface area contributed by atoms with Gasteiger partial charge in [0, 0.05) is 28.5 Å². The van der Waals surface area contributed by atoms with E-state index in [-0.39, 0.29) is 35.1 Å². The van der Waals surface area contributed by atoms with Gasteiger partial charge in [-0.15, -0.1) is 11.3 Å². The van der Waals surface area contributed by atoms with Crippen molar-refractivity contribution in [3.63, 3.8) is 0 Å². The molecule has 136 valence electrons. The third-order valence-electron chi connectivity index (χ3n) is 5.68. The molecule has 0 bridgehead atoms. The number of aliphatic imine (C=N–C) groups is 2. The first-order valence-corrected chi connectivity index (χ1v) is 9.62. The van der Waals surface area contributed by atoms with E-state index in [1.54, 1.807) is 16.2 Å². The van der Waals surface area contributed by atoms with Crippen LogP contribution in [0.4, 0.5) is 0 Å². The van der Waals surface area contributed by atoms with Gasteiger partial charge in [-0.25, -0.2) is 9.98 Å². The molecule has 0 radical (unpaired) electrons. The molecule has 2 fully saturated rings. The molecule has 2 heterocycles. The van der Waals surface area contributed by atoms with E-state index >= 15 is 0 Å². The molecular weight excluding hydrogens is 348 g/mol. The molecule has 1 N–H and O–H groups in total. The quantitative estimate of drug-likeness (QED) is 0.653. The summed E-state index contributed by atoms with van der Waals surface area (Å²) >= 11 is 1.62. The monoisotopic (exact) mass is 370 g/mol. The number of amides is 2. The summed E-state index contributed by atoms with van der Waals surface area (Å²) in [4.78, 5) is 36.6. The summed E-state index contributed by atoms with van der Waals surface area (Å²) in [6, 6.07) is 2.27. The third kappa shape index (κ3) is 2.80. The highest BCUT2D eigenvalue weighted by Crippen LogP contribution is 2.58. The minimum atomic E-state index is -0.323. The Morgan fingerprint density at radius 3 is 2.73 bits per heavy atom. The second-order valence-corrected chi connectivity index (χ2v) is 8.75. The van der Waals surface area contributed by atoms with Gasteiger partial charge in [0.05, 0.1) is 4.88 Å². The molecule has 7 heteroatoms. The van der Waals surface area contributed by atoms with Crippen molar-refractivity contribution in [2.45, 2.75) is 43.4 Å². The van der Waals surface area contributed by atoms with Gasteiger partial charge in [-0.1, -0.05) is 13.5 Å². The Labute approximate surface area is 156 Å². The van der Waals surface area contributed by atoms with E-state index in [1.165, 1.54) is 29.5 Å². The number of carbonyl (C=O) groups is 2. The van der Waals surface area contributed by atoms with E-state index in [2.05, 4.69) is 41.6 Å². The van der Waals surface area contributed by atoms with E-state index in [9.17, 15) is 9.59 Å². The molecule has 3 aliphatic rings. The predicted molar refractivity (Wildman–Crippen MR) is 103 cm³/mol. The maximum absolute atomic E-state index is 13.0. The maximum Gasteiger partial charge on any atom is 0.264 e. The van der Waals surface area contributed by atoms with Crippen molar-refractivity contribution in [1.82, 2.24) is 10.2 Å².